The minimum absolute atomic E-state index is 0.00464. The first-order valence-corrected chi connectivity index (χ1v) is 13.9. The predicted octanol–water partition coefficient (Wildman–Crippen LogP) is 6.28. The number of hydrogen-bond acceptors (Lipinski definition) is 5. The number of allylic oxidation sites excluding steroid dienone is 4. The highest BCUT2D eigenvalue weighted by Gasteiger charge is 2.41. The average molecular weight is 536 g/mol. The molecule has 6 nitrogen and oxygen atoms in total. The number of para-hydroxylation sites is 1. The van der Waals surface area contributed by atoms with Crippen LogP contribution in [0, 0.1) is 0 Å². The zero-order valence-corrected chi connectivity index (χ0v) is 23.9. The zero-order valence-electron chi connectivity index (χ0n) is 23.9. The van der Waals surface area contributed by atoms with Crippen LogP contribution in [0.3, 0.4) is 0 Å². The molecule has 1 aliphatic heterocycles. The van der Waals surface area contributed by atoms with Crippen LogP contribution in [0.25, 0.3) is 10.8 Å². The van der Waals surface area contributed by atoms with Crippen molar-refractivity contribution in [2.45, 2.75) is 46.0 Å². The molecule has 1 heterocycles. The number of aliphatic hydroxyl groups is 1. The van der Waals surface area contributed by atoms with Crippen molar-refractivity contribution >= 4 is 33.8 Å². The molecular formula is C34H37N3O3. The number of nitrogens with two attached hydrogens (primary N) is 1. The van der Waals surface area contributed by atoms with Crippen molar-refractivity contribution in [1.82, 2.24) is 0 Å². The third-order valence-electron chi connectivity index (χ3n) is 8.12. The molecule has 3 N–H and O–H groups in total. The highest BCUT2D eigenvalue weighted by molar-refractivity contribution is 6.21. The molecule has 3 aromatic carbocycles. The number of ketones is 1. The molecule has 0 radical (unpaired) electrons. The van der Waals surface area contributed by atoms with Gasteiger partial charge >= 0.3 is 0 Å². The number of aliphatic hydroxyl groups excluding tert-OH is 1. The lowest BCUT2D eigenvalue weighted by Crippen LogP contribution is -2.35. The number of hydrogen-bond donors (Lipinski definition) is 2. The monoisotopic (exact) mass is 535 g/mol. The van der Waals surface area contributed by atoms with Gasteiger partial charge in [0.25, 0.3) is 0 Å². The van der Waals surface area contributed by atoms with Gasteiger partial charge in [0.1, 0.15) is 5.76 Å². The molecule has 0 unspecified atom stereocenters. The SMILES string of the molecule is CCN1/C(=C\C2=C(O)C(=C/CN(CC(N)=O)c3ccc4ccccc4c3C(C)C)/C2=O)C(C)(C)c2ccccc21. The fourth-order valence-corrected chi connectivity index (χ4v) is 6.15. The molecule has 0 atom stereocenters. The van der Waals surface area contributed by atoms with E-state index in [1.807, 2.05) is 47.4 Å². The number of Topliss-reactive ketones (excluding diaryl/α,β-unsaturated/α-hetero) is 1. The van der Waals surface area contributed by atoms with Crippen LogP contribution in [-0.2, 0) is 15.0 Å². The third kappa shape index (κ3) is 4.47. The fourth-order valence-electron chi connectivity index (χ4n) is 6.15. The van der Waals surface area contributed by atoms with E-state index in [2.05, 4.69) is 63.8 Å². The molecule has 2 aliphatic rings. The van der Waals surface area contributed by atoms with Crippen LogP contribution >= 0.6 is 0 Å². The normalized spacial score (nSPS) is 18.1. The molecule has 0 fully saturated rings. The number of carbonyl (C=O) groups is 2. The van der Waals surface area contributed by atoms with Gasteiger partial charge in [-0.05, 0) is 52.9 Å². The van der Waals surface area contributed by atoms with Gasteiger partial charge < -0.3 is 20.6 Å². The van der Waals surface area contributed by atoms with E-state index >= 15 is 0 Å². The summed E-state index contributed by atoms with van der Waals surface area (Å²) in [5, 5.41) is 13.3. The highest BCUT2D eigenvalue weighted by Crippen LogP contribution is 2.48. The number of carbonyl (C=O) groups excluding carboxylic acids is 2. The van der Waals surface area contributed by atoms with Crippen molar-refractivity contribution in [3.8, 4) is 0 Å². The first-order chi connectivity index (χ1) is 19.1. The minimum atomic E-state index is -0.464. The van der Waals surface area contributed by atoms with Crippen molar-refractivity contribution in [3.63, 3.8) is 0 Å². The Kier molecular flexibility index (Phi) is 7.05. The maximum Gasteiger partial charge on any atom is 0.236 e. The van der Waals surface area contributed by atoms with Crippen molar-refractivity contribution in [1.29, 1.82) is 0 Å². The van der Waals surface area contributed by atoms with Gasteiger partial charge in [-0.25, -0.2) is 0 Å². The molecule has 0 aromatic heterocycles. The van der Waals surface area contributed by atoms with Gasteiger partial charge in [-0.2, -0.15) is 0 Å². The topological polar surface area (TPSA) is 86.9 Å². The number of benzene rings is 3. The summed E-state index contributed by atoms with van der Waals surface area (Å²) in [6.45, 7) is 11.6. The minimum Gasteiger partial charge on any atom is -0.506 e. The summed E-state index contributed by atoms with van der Waals surface area (Å²) >= 11 is 0. The van der Waals surface area contributed by atoms with Crippen LogP contribution in [-0.4, -0.2) is 36.4 Å². The summed E-state index contributed by atoms with van der Waals surface area (Å²) in [6.07, 6.45) is 3.54. The van der Waals surface area contributed by atoms with E-state index in [4.69, 9.17) is 5.73 Å². The van der Waals surface area contributed by atoms with E-state index < -0.39 is 5.91 Å². The lowest BCUT2D eigenvalue weighted by atomic mass is 9.80. The summed E-state index contributed by atoms with van der Waals surface area (Å²) in [6, 6.07) is 20.5. The van der Waals surface area contributed by atoms with Gasteiger partial charge in [-0.1, -0.05) is 82.3 Å². The summed E-state index contributed by atoms with van der Waals surface area (Å²) in [7, 11) is 0. The number of nitrogens with zero attached hydrogens (tertiary/aromatic N) is 2. The molecule has 40 heavy (non-hydrogen) atoms. The summed E-state index contributed by atoms with van der Waals surface area (Å²) in [5.41, 5.74) is 11.2. The van der Waals surface area contributed by atoms with Crippen molar-refractivity contribution in [2.75, 3.05) is 29.4 Å². The largest absolute Gasteiger partial charge is 0.506 e. The molecular weight excluding hydrogens is 498 g/mol. The molecule has 1 amide bonds. The zero-order chi connectivity index (χ0) is 28.8. The third-order valence-corrected chi connectivity index (χ3v) is 8.12. The summed E-state index contributed by atoms with van der Waals surface area (Å²) < 4.78 is 0. The average Bonchev–Trinajstić information content (AvgIpc) is 3.15. The Morgan fingerprint density at radius 2 is 1.77 bits per heavy atom. The molecule has 0 spiro atoms. The van der Waals surface area contributed by atoms with E-state index in [9.17, 15) is 14.7 Å². The standard InChI is InChI=1S/C34H37N3O3/c1-6-37-27-14-10-9-13-26(27)34(4,5)29(37)19-25-32(39)24(33(25)40)17-18-36(20-30(35)38)28-16-15-22-11-7-8-12-23(22)31(28)21(2)3/h7-17,19,21,39H,6,18,20H2,1-5H3,(H2,35,38)/b24-17-,29-19-. The molecule has 3 aromatic rings. The van der Waals surface area contributed by atoms with Crippen LogP contribution in [0.2, 0.25) is 0 Å². The molecule has 6 heteroatoms. The van der Waals surface area contributed by atoms with Gasteiger partial charge in [-0.15, -0.1) is 0 Å². The number of likely N-dealkylation sites (N-methyl/N-ethyl adjacent to an activating group) is 1. The van der Waals surface area contributed by atoms with Gasteiger partial charge in [-0.3, -0.25) is 9.59 Å². The molecule has 0 saturated carbocycles. The number of primary amides is 1. The van der Waals surface area contributed by atoms with Gasteiger partial charge in [0.2, 0.25) is 5.91 Å². The van der Waals surface area contributed by atoms with E-state index in [1.54, 1.807) is 6.08 Å². The fraction of sp³-hybridized carbons (Fsp3) is 0.294. The Morgan fingerprint density at radius 1 is 1.07 bits per heavy atom. The van der Waals surface area contributed by atoms with Crippen LogP contribution in [0.5, 0.6) is 0 Å². The summed E-state index contributed by atoms with van der Waals surface area (Å²) in [5.74, 6) is -0.480. The number of rotatable bonds is 8. The van der Waals surface area contributed by atoms with Crippen LogP contribution in [0.1, 0.15) is 51.7 Å². The van der Waals surface area contributed by atoms with Crippen molar-refractivity contribution in [3.05, 3.63) is 107 Å². The Bertz CT molecular complexity index is 1610. The van der Waals surface area contributed by atoms with Gasteiger partial charge in [0.05, 0.1) is 17.7 Å². The maximum atomic E-state index is 13.3. The predicted molar refractivity (Wildman–Crippen MR) is 163 cm³/mol. The number of fused-ring (bicyclic) bond motifs is 2. The Hall–Kier alpha value is -4.32. The molecule has 1 aliphatic carbocycles. The highest BCUT2D eigenvalue weighted by atomic mass is 16.3. The Morgan fingerprint density at radius 3 is 2.45 bits per heavy atom. The first kappa shape index (κ1) is 27.3. The molecule has 0 saturated heterocycles. The Balaban J connectivity index is 1.49. The second-order valence-corrected chi connectivity index (χ2v) is 11.3. The maximum absolute atomic E-state index is 13.3. The number of amides is 1. The summed E-state index contributed by atoms with van der Waals surface area (Å²) in [4.78, 5) is 29.4. The van der Waals surface area contributed by atoms with Crippen LogP contribution < -0.4 is 15.5 Å². The van der Waals surface area contributed by atoms with E-state index in [1.165, 1.54) is 5.56 Å². The lowest BCUT2D eigenvalue weighted by molar-refractivity contribution is -0.116. The second-order valence-electron chi connectivity index (χ2n) is 11.3. The van der Waals surface area contributed by atoms with E-state index in [0.717, 1.165) is 40.0 Å². The van der Waals surface area contributed by atoms with Crippen LogP contribution in [0.4, 0.5) is 11.4 Å². The van der Waals surface area contributed by atoms with Crippen molar-refractivity contribution < 1.29 is 14.7 Å². The van der Waals surface area contributed by atoms with Crippen molar-refractivity contribution in [2.24, 2.45) is 5.73 Å². The van der Waals surface area contributed by atoms with E-state index in [0.29, 0.717) is 5.57 Å². The smallest absolute Gasteiger partial charge is 0.236 e. The molecule has 5 rings (SSSR count). The Labute approximate surface area is 236 Å². The number of anilines is 2. The second kappa shape index (κ2) is 10.3. The lowest BCUT2D eigenvalue weighted by Gasteiger charge is -2.29. The molecule has 206 valence electrons. The van der Waals surface area contributed by atoms with Gasteiger partial charge in [0.15, 0.2) is 5.78 Å². The van der Waals surface area contributed by atoms with E-state index in [-0.39, 0.29) is 41.5 Å². The molecule has 0 bridgehead atoms. The van der Waals surface area contributed by atoms with Crippen LogP contribution in [0.15, 0.2) is 95.4 Å². The quantitative estimate of drug-likeness (QED) is 0.332. The van der Waals surface area contributed by atoms with Gasteiger partial charge in [0, 0.05) is 35.6 Å². The first-order valence-electron chi connectivity index (χ1n) is 13.9.